The molecule has 2 fully saturated rings. The van der Waals surface area contributed by atoms with Crippen molar-refractivity contribution in [2.24, 2.45) is 17.8 Å². The number of carbonyl (C=O) groups excluding carboxylic acids is 2. The topological polar surface area (TPSA) is 110 Å². The molecule has 0 unspecified atom stereocenters. The Kier molecular flexibility index (Phi) is 7.55. The molecule has 8 nitrogen and oxygen atoms in total. The van der Waals surface area contributed by atoms with Crippen LogP contribution in [0.5, 0.6) is 5.75 Å². The van der Waals surface area contributed by atoms with Crippen molar-refractivity contribution in [3.8, 4) is 5.75 Å². The normalized spacial score (nSPS) is 23.8. The Morgan fingerprint density at radius 2 is 1.86 bits per heavy atom. The predicted molar refractivity (Wildman–Crippen MR) is 162 cm³/mol. The molecule has 42 heavy (non-hydrogen) atoms. The van der Waals surface area contributed by atoms with Crippen LogP contribution in [0.25, 0.3) is 11.6 Å². The van der Waals surface area contributed by atoms with Crippen LogP contribution in [0.3, 0.4) is 0 Å². The van der Waals surface area contributed by atoms with E-state index < -0.39 is 16.8 Å². The van der Waals surface area contributed by atoms with Crippen LogP contribution >= 0.6 is 15.9 Å². The third-order valence-corrected chi connectivity index (χ3v) is 9.08. The summed E-state index contributed by atoms with van der Waals surface area (Å²) >= 11 is 3.49. The first-order chi connectivity index (χ1) is 20.2. The van der Waals surface area contributed by atoms with Gasteiger partial charge in [0.15, 0.2) is 0 Å². The maximum absolute atomic E-state index is 13.7. The van der Waals surface area contributed by atoms with Gasteiger partial charge in [0, 0.05) is 28.1 Å². The van der Waals surface area contributed by atoms with E-state index in [1.807, 2.05) is 49.4 Å². The fraction of sp³-hybridized carbons (Fsp3) is 0.273. The number of nitro groups is 1. The number of fused-ring (bicyclic) bond motifs is 3. The minimum atomic E-state index is -0.553. The molecule has 3 aromatic rings. The van der Waals surface area contributed by atoms with Crippen LogP contribution in [-0.2, 0) is 14.3 Å². The maximum atomic E-state index is 13.7. The zero-order valence-corrected chi connectivity index (χ0v) is 24.5. The summed E-state index contributed by atoms with van der Waals surface area (Å²) in [5, 5.41) is 21.8. The highest BCUT2D eigenvalue weighted by Crippen LogP contribution is 2.50. The molecule has 0 saturated carbocycles. The number of anilines is 1. The molecule has 0 radical (unpaired) electrons. The van der Waals surface area contributed by atoms with Gasteiger partial charge in [-0.05, 0) is 73.2 Å². The largest absolute Gasteiger partial charge is 0.507 e. The summed E-state index contributed by atoms with van der Waals surface area (Å²) in [4.78, 5) is 39.1. The zero-order valence-electron chi connectivity index (χ0n) is 22.9. The number of allylic oxidation sites excluding steroid dienone is 2. The van der Waals surface area contributed by atoms with E-state index in [9.17, 15) is 24.8 Å². The van der Waals surface area contributed by atoms with Crippen LogP contribution in [-0.4, -0.2) is 34.6 Å². The lowest BCUT2D eigenvalue weighted by molar-refractivity contribution is -0.384. The number of phenols is 1. The third-order valence-electron chi connectivity index (χ3n) is 8.59. The van der Waals surface area contributed by atoms with E-state index in [1.54, 1.807) is 18.2 Å². The zero-order chi connectivity index (χ0) is 29.5. The lowest BCUT2D eigenvalue weighted by atomic mass is 9.70. The van der Waals surface area contributed by atoms with Crippen molar-refractivity contribution in [2.45, 2.75) is 32.3 Å². The van der Waals surface area contributed by atoms with Crippen LogP contribution in [0, 0.1) is 27.9 Å². The van der Waals surface area contributed by atoms with Crippen molar-refractivity contribution in [1.82, 2.24) is 0 Å². The molecule has 2 aliphatic heterocycles. The first-order valence-corrected chi connectivity index (χ1v) is 14.7. The highest BCUT2D eigenvalue weighted by molar-refractivity contribution is 9.10. The number of aromatic hydroxyl groups is 1. The molecule has 1 N–H and O–H groups in total. The predicted octanol–water partition coefficient (Wildman–Crippen LogP) is 6.92. The maximum Gasteiger partial charge on any atom is 0.271 e. The Bertz CT molecular complexity index is 1650. The number of carbonyl (C=O) groups is 2. The molecule has 0 spiro atoms. The summed E-state index contributed by atoms with van der Waals surface area (Å²) in [5.74, 6) is -1.71. The number of non-ortho nitro benzene ring substituents is 1. The molecule has 3 aliphatic rings. The summed E-state index contributed by atoms with van der Waals surface area (Å²) in [6.07, 6.45) is 3.60. The van der Waals surface area contributed by atoms with E-state index in [0.717, 1.165) is 31.7 Å². The van der Waals surface area contributed by atoms with Gasteiger partial charge in [0.05, 0.1) is 35.2 Å². The second-order valence-corrected chi connectivity index (χ2v) is 12.0. The van der Waals surface area contributed by atoms with Gasteiger partial charge in [0.1, 0.15) is 5.75 Å². The van der Waals surface area contributed by atoms with Crippen molar-refractivity contribution in [1.29, 1.82) is 0 Å². The number of ether oxygens (including phenoxy) is 1. The van der Waals surface area contributed by atoms with Crippen LogP contribution in [0.1, 0.15) is 37.3 Å². The number of imide groups is 1. The van der Waals surface area contributed by atoms with Crippen LogP contribution in [0.15, 0.2) is 88.4 Å². The quantitative estimate of drug-likeness (QED) is 0.0999. The first-order valence-electron chi connectivity index (χ1n) is 13.9. The average Bonchev–Trinajstić information content (AvgIpc) is 3.51. The van der Waals surface area contributed by atoms with E-state index >= 15 is 0 Å². The molecule has 0 aromatic heterocycles. The Morgan fingerprint density at radius 3 is 2.62 bits per heavy atom. The van der Waals surface area contributed by atoms with E-state index in [4.69, 9.17) is 4.74 Å². The van der Waals surface area contributed by atoms with Crippen molar-refractivity contribution in [3.05, 3.63) is 110 Å². The van der Waals surface area contributed by atoms with Gasteiger partial charge in [-0.15, -0.1) is 0 Å². The van der Waals surface area contributed by atoms with Crippen LogP contribution in [0.2, 0.25) is 0 Å². The molecule has 3 aromatic carbocycles. The lowest BCUT2D eigenvalue weighted by Crippen LogP contribution is -2.34. The molecule has 2 saturated heterocycles. The summed E-state index contributed by atoms with van der Waals surface area (Å²) in [6, 6.07) is 21.0. The number of hydrogen-bond acceptors (Lipinski definition) is 6. The van der Waals surface area contributed by atoms with E-state index in [2.05, 4.69) is 15.9 Å². The number of nitrogens with zero attached hydrogens (tertiary/aromatic N) is 2. The number of phenolic OH excluding ortho intramolecular Hbond substituents is 1. The molecule has 2 heterocycles. The fourth-order valence-electron chi connectivity index (χ4n) is 6.70. The van der Waals surface area contributed by atoms with Gasteiger partial charge in [-0.1, -0.05) is 57.9 Å². The average molecular weight is 630 g/mol. The van der Waals surface area contributed by atoms with Crippen molar-refractivity contribution in [2.75, 3.05) is 11.5 Å². The van der Waals surface area contributed by atoms with Crippen LogP contribution in [0.4, 0.5) is 11.4 Å². The smallest absolute Gasteiger partial charge is 0.271 e. The number of halogens is 1. The second-order valence-electron chi connectivity index (χ2n) is 11.1. The van der Waals surface area contributed by atoms with E-state index in [1.165, 1.54) is 18.2 Å². The molecular formula is C33H29BrN2O6. The van der Waals surface area contributed by atoms with Crippen LogP contribution < -0.4 is 4.90 Å². The number of amides is 2. The lowest BCUT2D eigenvalue weighted by Gasteiger charge is -2.30. The number of hydrogen-bond donors (Lipinski definition) is 1. The standard InChI is InChI=1S/C33H29BrN2O6/c1-19-14-26-31(33(39)35(32(26)38)24-8-5-9-25(17-24)36(40)41)27-18-42-29(30(19)27)13-10-21(20-6-3-2-4-7-20)15-22-16-23(34)11-12-28(22)37/h2-9,11-12,15-17,26-27,29,31,37H,10,13-14,18H2,1H3/b21-15-/t26-,27+,29-,31-/m1/s1. The van der Waals surface area contributed by atoms with E-state index in [0.29, 0.717) is 31.4 Å². The summed E-state index contributed by atoms with van der Waals surface area (Å²) < 4.78 is 7.19. The fourth-order valence-corrected chi connectivity index (χ4v) is 7.08. The van der Waals surface area contributed by atoms with Crippen molar-refractivity contribution >= 4 is 50.8 Å². The number of nitro benzene ring substituents is 1. The first kappa shape index (κ1) is 28.1. The molecule has 2 amide bonds. The third kappa shape index (κ3) is 5.07. The number of rotatable bonds is 7. The van der Waals surface area contributed by atoms with Gasteiger partial charge in [-0.25, -0.2) is 4.90 Å². The van der Waals surface area contributed by atoms with Crippen molar-refractivity contribution < 1.29 is 24.4 Å². The van der Waals surface area contributed by atoms with Gasteiger partial charge in [-0.2, -0.15) is 0 Å². The molecule has 0 bridgehead atoms. The molecular weight excluding hydrogens is 600 g/mol. The minimum absolute atomic E-state index is 0.166. The minimum Gasteiger partial charge on any atom is -0.507 e. The van der Waals surface area contributed by atoms with Crippen molar-refractivity contribution in [3.63, 3.8) is 0 Å². The molecule has 1 aliphatic carbocycles. The van der Waals surface area contributed by atoms with Gasteiger partial charge >= 0.3 is 0 Å². The Labute approximate surface area is 251 Å². The summed E-state index contributed by atoms with van der Waals surface area (Å²) in [7, 11) is 0. The summed E-state index contributed by atoms with van der Waals surface area (Å²) in [5.41, 5.74) is 5.03. The van der Waals surface area contributed by atoms with Gasteiger partial charge in [0.25, 0.3) is 5.69 Å². The van der Waals surface area contributed by atoms with Gasteiger partial charge < -0.3 is 9.84 Å². The molecule has 9 heteroatoms. The Morgan fingerprint density at radius 1 is 1.07 bits per heavy atom. The molecule has 214 valence electrons. The Balaban J connectivity index is 1.25. The second kappa shape index (κ2) is 11.3. The van der Waals surface area contributed by atoms with Gasteiger partial charge in [0.2, 0.25) is 11.8 Å². The van der Waals surface area contributed by atoms with E-state index in [-0.39, 0.29) is 41.0 Å². The molecule has 4 atom stereocenters. The molecule has 6 rings (SSSR count). The Hall–Kier alpha value is -4.08. The SMILES string of the molecule is CC1=C2[C@@H](CC/C(=C/c3cc(Br)ccc3O)c3ccccc3)OC[C@@H]2[C@@H]2C(=O)N(c3cccc([N+](=O)[O-])c3)C(=O)[C@@H]2C1. The van der Waals surface area contributed by atoms with Gasteiger partial charge in [-0.3, -0.25) is 19.7 Å². The summed E-state index contributed by atoms with van der Waals surface area (Å²) in [6.45, 7) is 2.36. The monoisotopic (exact) mass is 628 g/mol. The highest BCUT2D eigenvalue weighted by atomic mass is 79.9. The highest BCUT2D eigenvalue weighted by Gasteiger charge is 2.57. The number of benzene rings is 3.